The molecule has 0 saturated carbocycles. The molecule has 1 unspecified atom stereocenters. The molecule has 4 nitrogen and oxygen atoms in total. The third-order valence-corrected chi connectivity index (χ3v) is 3.84. The van der Waals surface area contributed by atoms with Crippen molar-refractivity contribution in [3.63, 3.8) is 0 Å². The SMILES string of the molecule is CC(=O)N(CCC(=O)Nc1cccc(F)c1)C(C)c1ccccc1. The number of nitrogens with one attached hydrogen (secondary N) is 1. The van der Waals surface area contributed by atoms with Gasteiger partial charge in [-0.1, -0.05) is 36.4 Å². The molecular weight excluding hydrogens is 307 g/mol. The molecule has 0 aliphatic carbocycles. The summed E-state index contributed by atoms with van der Waals surface area (Å²) in [4.78, 5) is 25.6. The number of carbonyl (C=O) groups is 2. The third kappa shape index (κ3) is 4.91. The van der Waals surface area contributed by atoms with Crippen LogP contribution in [-0.4, -0.2) is 23.3 Å². The smallest absolute Gasteiger partial charge is 0.226 e. The average molecular weight is 328 g/mol. The Morgan fingerprint density at radius 3 is 2.46 bits per heavy atom. The lowest BCUT2D eigenvalue weighted by Crippen LogP contribution is -2.34. The fourth-order valence-corrected chi connectivity index (χ4v) is 2.55. The van der Waals surface area contributed by atoms with E-state index in [1.165, 1.54) is 25.1 Å². The van der Waals surface area contributed by atoms with Crippen LogP contribution in [0.25, 0.3) is 0 Å². The molecule has 0 aliphatic rings. The van der Waals surface area contributed by atoms with Crippen molar-refractivity contribution in [1.29, 1.82) is 0 Å². The Morgan fingerprint density at radius 1 is 1.12 bits per heavy atom. The minimum atomic E-state index is -0.407. The lowest BCUT2D eigenvalue weighted by Gasteiger charge is -2.28. The van der Waals surface area contributed by atoms with Gasteiger partial charge in [-0.15, -0.1) is 0 Å². The maximum Gasteiger partial charge on any atom is 0.226 e. The summed E-state index contributed by atoms with van der Waals surface area (Å²) in [6, 6.07) is 15.3. The minimum Gasteiger partial charge on any atom is -0.336 e. The highest BCUT2D eigenvalue weighted by Crippen LogP contribution is 2.20. The van der Waals surface area contributed by atoms with E-state index in [0.717, 1.165) is 5.56 Å². The maximum atomic E-state index is 13.1. The van der Waals surface area contributed by atoms with E-state index in [-0.39, 0.29) is 24.3 Å². The van der Waals surface area contributed by atoms with Gasteiger partial charge < -0.3 is 10.2 Å². The first kappa shape index (κ1) is 17.7. The predicted molar refractivity (Wildman–Crippen MR) is 91.9 cm³/mol. The number of rotatable bonds is 6. The van der Waals surface area contributed by atoms with E-state index in [1.807, 2.05) is 37.3 Å². The molecule has 1 N–H and O–H groups in total. The molecule has 0 aromatic heterocycles. The number of anilines is 1. The van der Waals surface area contributed by atoms with Crippen LogP contribution in [-0.2, 0) is 9.59 Å². The summed E-state index contributed by atoms with van der Waals surface area (Å²) in [5.41, 5.74) is 1.42. The van der Waals surface area contributed by atoms with Crippen LogP contribution in [0.1, 0.15) is 31.9 Å². The molecule has 0 bridgehead atoms. The van der Waals surface area contributed by atoms with Gasteiger partial charge in [0.2, 0.25) is 11.8 Å². The van der Waals surface area contributed by atoms with Gasteiger partial charge >= 0.3 is 0 Å². The first-order chi connectivity index (χ1) is 11.5. The first-order valence-electron chi connectivity index (χ1n) is 7.85. The van der Waals surface area contributed by atoms with Crippen LogP contribution in [0.3, 0.4) is 0 Å². The van der Waals surface area contributed by atoms with Gasteiger partial charge in [-0.3, -0.25) is 9.59 Å². The molecule has 126 valence electrons. The molecule has 24 heavy (non-hydrogen) atoms. The average Bonchev–Trinajstić information content (AvgIpc) is 2.55. The van der Waals surface area contributed by atoms with Gasteiger partial charge in [-0.2, -0.15) is 0 Å². The molecule has 0 aliphatic heterocycles. The van der Waals surface area contributed by atoms with E-state index in [0.29, 0.717) is 12.2 Å². The Kier molecular flexibility index (Phi) is 6.07. The number of halogens is 1. The number of benzene rings is 2. The molecular formula is C19H21FN2O2. The van der Waals surface area contributed by atoms with Crippen molar-refractivity contribution in [2.45, 2.75) is 26.3 Å². The Hall–Kier alpha value is -2.69. The highest BCUT2D eigenvalue weighted by atomic mass is 19.1. The van der Waals surface area contributed by atoms with E-state index in [4.69, 9.17) is 0 Å². The van der Waals surface area contributed by atoms with Crippen molar-refractivity contribution >= 4 is 17.5 Å². The lowest BCUT2D eigenvalue weighted by molar-refractivity contribution is -0.131. The molecule has 0 fully saturated rings. The molecule has 2 aromatic carbocycles. The summed E-state index contributed by atoms with van der Waals surface area (Å²) in [5, 5.41) is 2.64. The second-order valence-electron chi connectivity index (χ2n) is 5.61. The van der Waals surface area contributed by atoms with E-state index in [9.17, 15) is 14.0 Å². The van der Waals surface area contributed by atoms with Crippen molar-refractivity contribution < 1.29 is 14.0 Å². The maximum absolute atomic E-state index is 13.1. The number of hydrogen-bond acceptors (Lipinski definition) is 2. The number of hydrogen-bond donors (Lipinski definition) is 1. The fourth-order valence-electron chi connectivity index (χ4n) is 2.55. The summed E-state index contributed by atoms with van der Waals surface area (Å²) in [7, 11) is 0. The second-order valence-corrected chi connectivity index (χ2v) is 5.61. The van der Waals surface area contributed by atoms with E-state index in [1.54, 1.807) is 11.0 Å². The number of nitrogens with zero attached hydrogens (tertiary/aromatic N) is 1. The topological polar surface area (TPSA) is 49.4 Å². The van der Waals surface area contributed by atoms with Crippen LogP contribution in [0.5, 0.6) is 0 Å². The van der Waals surface area contributed by atoms with Crippen LogP contribution in [0.2, 0.25) is 0 Å². The van der Waals surface area contributed by atoms with Crippen LogP contribution < -0.4 is 5.32 Å². The summed E-state index contributed by atoms with van der Waals surface area (Å²) in [6.45, 7) is 3.72. The van der Waals surface area contributed by atoms with Crippen molar-refractivity contribution in [2.75, 3.05) is 11.9 Å². The van der Waals surface area contributed by atoms with Crippen LogP contribution in [0.4, 0.5) is 10.1 Å². The van der Waals surface area contributed by atoms with Crippen molar-refractivity contribution in [2.24, 2.45) is 0 Å². The summed E-state index contributed by atoms with van der Waals surface area (Å²) < 4.78 is 13.1. The standard InChI is InChI=1S/C19H21FN2O2/c1-14(16-7-4-3-5-8-16)22(15(2)23)12-11-19(24)21-18-10-6-9-17(20)13-18/h3-10,13-14H,11-12H2,1-2H3,(H,21,24). The predicted octanol–water partition coefficient (Wildman–Crippen LogP) is 3.76. The lowest BCUT2D eigenvalue weighted by atomic mass is 10.1. The monoisotopic (exact) mass is 328 g/mol. The first-order valence-corrected chi connectivity index (χ1v) is 7.85. The molecule has 1 atom stereocenters. The Balaban J connectivity index is 1.96. The summed E-state index contributed by atoms with van der Waals surface area (Å²) >= 11 is 0. The Bertz CT molecular complexity index is 704. The normalized spacial score (nSPS) is 11.6. The third-order valence-electron chi connectivity index (χ3n) is 3.84. The zero-order valence-electron chi connectivity index (χ0n) is 13.8. The van der Waals surface area contributed by atoms with Gasteiger partial charge in [0.25, 0.3) is 0 Å². The Morgan fingerprint density at radius 2 is 1.83 bits per heavy atom. The van der Waals surface area contributed by atoms with Gasteiger partial charge in [-0.25, -0.2) is 4.39 Å². The van der Waals surface area contributed by atoms with Crippen LogP contribution in [0.15, 0.2) is 54.6 Å². The van der Waals surface area contributed by atoms with Gasteiger partial charge in [0.1, 0.15) is 5.82 Å². The zero-order valence-corrected chi connectivity index (χ0v) is 13.8. The van der Waals surface area contributed by atoms with Crippen LogP contribution in [0, 0.1) is 5.82 Å². The molecule has 2 rings (SSSR count). The van der Waals surface area contributed by atoms with Crippen molar-refractivity contribution in [3.05, 3.63) is 66.0 Å². The highest BCUT2D eigenvalue weighted by Gasteiger charge is 2.19. The molecule has 0 radical (unpaired) electrons. The summed E-state index contributed by atoms with van der Waals surface area (Å²) in [6.07, 6.45) is 0.146. The molecule has 0 spiro atoms. The minimum absolute atomic E-state index is 0.0927. The highest BCUT2D eigenvalue weighted by molar-refractivity contribution is 5.91. The van der Waals surface area contributed by atoms with Gasteiger partial charge in [0.15, 0.2) is 0 Å². The zero-order chi connectivity index (χ0) is 17.5. The molecule has 2 amide bonds. The van der Waals surface area contributed by atoms with E-state index < -0.39 is 5.82 Å². The summed E-state index contributed by atoms with van der Waals surface area (Å²) in [5.74, 6) is -0.757. The Labute approximate surface area is 141 Å². The quantitative estimate of drug-likeness (QED) is 0.877. The molecule has 2 aromatic rings. The van der Waals surface area contributed by atoms with Gasteiger partial charge in [-0.05, 0) is 30.7 Å². The second kappa shape index (κ2) is 8.24. The van der Waals surface area contributed by atoms with Crippen molar-refractivity contribution in [1.82, 2.24) is 4.90 Å². The largest absolute Gasteiger partial charge is 0.336 e. The molecule has 0 heterocycles. The molecule has 5 heteroatoms. The van der Waals surface area contributed by atoms with E-state index in [2.05, 4.69) is 5.32 Å². The van der Waals surface area contributed by atoms with E-state index >= 15 is 0 Å². The fraction of sp³-hybridized carbons (Fsp3) is 0.263. The van der Waals surface area contributed by atoms with Gasteiger partial charge in [0, 0.05) is 25.6 Å². The van der Waals surface area contributed by atoms with Gasteiger partial charge in [0.05, 0.1) is 6.04 Å². The number of carbonyl (C=O) groups excluding carboxylic acids is 2. The number of amides is 2. The molecule has 0 saturated heterocycles. The van der Waals surface area contributed by atoms with Crippen molar-refractivity contribution in [3.8, 4) is 0 Å². The van der Waals surface area contributed by atoms with Crippen LogP contribution >= 0.6 is 0 Å².